The summed E-state index contributed by atoms with van der Waals surface area (Å²) in [5.74, 6) is -0.400. The van der Waals surface area contributed by atoms with Crippen molar-refractivity contribution in [1.29, 1.82) is 0 Å². The van der Waals surface area contributed by atoms with Gasteiger partial charge in [0.15, 0.2) is 0 Å². The Labute approximate surface area is 262 Å². The largest absolute Gasteiger partial charge is 0.352 e. The van der Waals surface area contributed by atoms with Gasteiger partial charge in [-0.15, -0.1) is 0 Å². The molecular weight excluding hydrogens is 626 g/mol. The predicted octanol–water partition coefficient (Wildman–Crippen LogP) is 6.45. The maximum absolute atomic E-state index is 14.0. The molecule has 0 aromatic heterocycles. The minimum Gasteiger partial charge on any atom is -0.352 e. The van der Waals surface area contributed by atoms with Crippen LogP contribution in [0.25, 0.3) is 10.8 Å². The van der Waals surface area contributed by atoms with Crippen molar-refractivity contribution in [1.82, 2.24) is 10.2 Å². The molecule has 0 unspecified atom stereocenters. The number of hydrogen-bond donors (Lipinski definition) is 1. The van der Waals surface area contributed by atoms with Crippen molar-refractivity contribution in [3.63, 3.8) is 0 Å². The number of halogens is 1. The number of hydrogen-bond acceptors (Lipinski definition) is 4. The van der Waals surface area contributed by atoms with Crippen molar-refractivity contribution in [3.05, 3.63) is 107 Å². The van der Waals surface area contributed by atoms with E-state index in [0.717, 1.165) is 32.8 Å². The Morgan fingerprint density at radius 1 is 0.907 bits per heavy atom. The molecule has 224 valence electrons. The highest BCUT2D eigenvalue weighted by molar-refractivity contribution is 9.10. The fourth-order valence-corrected chi connectivity index (χ4v) is 7.51. The molecule has 2 amide bonds. The number of nitrogens with one attached hydrogen (secondary N) is 1. The van der Waals surface area contributed by atoms with E-state index in [2.05, 4.69) is 21.2 Å². The van der Waals surface area contributed by atoms with Gasteiger partial charge < -0.3 is 10.2 Å². The highest BCUT2D eigenvalue weighted by Crippen LogP contribution is 2.42. The van der Waals surface area contributed by atoms with E-state index in [1.54, 1.807) is 17.0 Å². The highest BCUT2D eigenvalue weighted by Gasteiger charge is 2.36. The van der Waals surface area contributed by atoms with Crippen molar-refractivity contribution in [2.45, 2.75) is 63.1 Å². The summed E-state index contributed by atoms with van der Waals surface area (Å²) in [5, 5.41) is 4.67. The Bertz CT molecular complexity index is 1710. The van der Waals surface area contributed by atoms with E-state index in [0.29, 0.717) is 23.4 Å². The van der Waals surface area contributed by atoms with Crippen molar-refractivity contribution in [2.24, 2.45) is 0 Å². The van der Waals surface area contributed by atoms with Crippen LogP contribution in [0.15, 0.2) is 100 Å². The van der Waals surface area contributed by atoms with Gasteiger partial charge in [-0.2, -0.15) is 0 Å². The highest BCUT2D eigenvalue weighted by atomic mass is 79.9. The van der Waals surface area contributed by atoms with Gasteiger partial charge in [0.2, 0.25) is 11.8 Å². The molecule has 0 saturated carbocycles. The van der Waals surface area contributed by atoms with E-state index < -0.39 is 16.1 Å². The fraction of sp³-hybridized carbons (Fsp3) is 0.294. The van der Waals surface area contributed by atoms with Crippen LogP contribution in [-0.4, -0.2) is 43.8 Å². The minimum atomic E-state index is -3.72. The second kappa shape index (κ2) is 13.3. The van der Waals surface area contributed by atoms with E-state index in [-0.39, 0.29) is 37.4 Å². The zero-order valence-corrected chi connectivity index (χ0v) is 26.8. The third-order valence-electron chi connectivity index (χ3n) is 7.97. The molecule has 2 atom stereocenters. The van der Waals surface area contributed by atoms with Gasteiger partial charge in [-0.05, 0) is 60.5 Å². The number of benzene rings is 4. The van der Waals surface area contributed by atoms with E-state index >= 15 is 0 Å². The number of carbonyl (C=O) groups is 2. The summed E-state index contributed by atoms with van der Waals surface area (Å²) in [6.07, 6.45) is 1.54. The molecule has 1 aliphatic rings. The molecule has 0 fully saturated rings. The van der Waals surface area contributed by atoms with Gasteiger partial charge in [0.05, 0.1) is 10.6 Å². The third kappa shape index (κ3) is 6.78. The van der Waals surface area contributed by atoms with Crippen LogP contribution < -0.4 is 9.62 Å². The van der Waals surface area contributed by atoms with Crippen molar-refractivity contribution in [2.75, 3.05) is 10.8 Å². The topological polar surface area (TPSA) is 86.8 Å². The van der Waals surface area contributed by atoms with Crippen LogP contribution >= 0.6 is 15.9 Å². The monoisotopic (exact) mass is 661 g/mol. The Balaban J connectivity index is 1.40. The van der Waals surface area contributed by atoms with Crippen LogP contribution in [0.4, 0.5) is 5.69 Å². The molecular formula is C34H36BrN3O4S. The molecule has 0 radical (unpaired) electrons. The second-order valence-corrected chi connectivity index (χ2v) is 13.7. The first-order valence-corrected chi connectivity index (χ1v) is 16.8. The molecule has 4 aromatic carbocycles. The summed E-state index contributed by atoms with van der Waals surface area (Å²) < 4.78 is 29.2. The first-order chi connectivity index (χ1) is 20.7. The predicted molar refractivity (Wildman–Crippen MR) is 174 cm³/mol. The van der Waals surface area contributed by atoms with Crippen LogP contribution in [0.2, 0.25) is 0 Å². The summed E-state index contributed by atoms with van der Waals surface area (Å²) in [6.45, 7) is 4.38. The van der Waals surface area contributed by atoms with Gasteiger partial charge in [0, 0.05) is 41.8 Å². The van der Waals surface area contributed by atoms with Crippen LogP contribution in [0, 0.1) is 0 Å². The SMILES string of the molecule is CC[C@@H](C)NC(=O)[C@H](Cc1ccccc1)N(Cc1ccc(Br)cc1)C(=O)CCCN1c2cccc3cccc(c23)S1(=O)=O. The van der Waals surface area contributed by atoms with E-state index in [1.807, 2.05) is 92.7 Å². The lowest BCUT2D eigenvalue weighted by Crippen LogP contribution is -2.52. The molecule has 0 spiro atoms. The lowest BCUT2D eigenvalue weighted by molar-refractivity contribution is -0.141. The normalized spacial score (nSPS) is 14.8. The number of carbonyl (C=O) groups excluding carboxylic acids is 2. The average Bonchev–Trinajstić information content (AvgIpc) is 3.23. The van der Waals surface area contributed by atoms with Crippen molar-refractivity contribution < 1.29 is 18.0 Å². The molecule has 1 N–H and O–H groups in total. The molecule has 9 heteroatoms. The lowest BCUT2D eigenvalue weighted by Gasteiger charge is -2.32. The van der Waals surface area contributed by atoms with E-state index in [1.165, 1.54) is 4.31 Å². The Kier molecular flexibility index (Phi) is 9.52. The molecule has 7 nitrogen and oxygen atoms in total. The standard InChI is InChI=1S/C34H36BrN3O4S/c1-3-24(2)36-34(40)30(22-25-10-5-4-6-11-25)37(23-26-17-19-28(35)20-18-26)32(39)16-9-21-38-29-14-7-12-27-13-8-15-31(33(27)29)43(38,41)42/h4-8,10-15,17-20,24,30H,3,9,16,21-23H2,1-2H3,(H,36,40)/t24-,30+/m1/s1. The number of anilines is 1. The zero-order valence-electron chi connectivity index (χ0n) is 24.4. The fourth-order valence-electron chi connectivity index (χ4n) is 5.50. The quantitative estimate of drug-likeness (QED) is 0.189. The average molecular weight is 663 g/mol. The van der Waals surface area contributed by atoms with Crippen LogP contribution in [0.1, 0.15) is 44.2 Å². The molecule has 1 heterocycles. The maximum atomic E-state index is 14.0. The number of rotatable bonds is 12. The summed E-state index contributed by atoms with van der Waals surface area (Å²) >= 11 is 3.47. The van der Waals surface area contributed by atoms with Crippen molar-refractivity contribution >= 4 is 54.2 Å². The Morgan fingerprint density at radius 2 is 1.60 bits per heavy atom. The summed E-state index contributed by atoms with van der Waals surface area (Å²) in [4.78, 5) is 29.7. The number of amides is 2. The Morgan fingerprint density at radius 3 is 2.30 bits per heavy atom. The summed E-state index contributed by atoms with van der Waals surface area (Å²) in [7, 11) is -3.72. The van der Waals surface area contributed by atoms with E-state index in [4.69, 9.17) is 0 Å². The Hall–Kier alpha value is -3.69. The lowest BCUT2D eigenvalue weighted by atomic mass is 10.0. The second-order valence-electron chi connectivity index (χ2n) is 11.0. The third-order valence-corrected chi connectivity index (χ3v) is 10.4. The number of nitrogens with zero attached hydrogens (tertiary/aromatic N) is 2. The summed E-state index contributed by atoms with van der Waals surface area (Å²) in [5.41, 5.74) is 2.49. The first kappa shape index (κ1) is 30.8. The molecule has 0 saturated heterocycles. The van der Waals surface area contributed by atoms with Crippen LogP contribution in [0.5, 0.6) is 0 Å². The van der Waals surface area contributed by atoms with Crippen molar-refractivity contribution in [3.8, 4) is 0 Å². The smallest absolute Gasteiger partial charge is 0.265 e. The van der Waals surface area contributed by atoms with Crippen LogP contribution in [0.3, 0.4) is 0 Å². The number of sulfonamides is 1. The minimum absolute atomic E-state index is 0.0416. The molecule has 5 rings (SSSR count). The van der Waals surface area contributed by atoms with Gasteiger partial charge in [-0.1, -0.05) is 89.6 Å². The van der Waals surface area contributed by atoms with Crippen LogP contribution in [-0.2, 0) is 32.6 Å². The first-order valence-electron chi connectivity index (χ1n) is 14.6. The molecule has 43 heavy (non-hydrogen) atoms. The van der Waals surface area contributed by atoms with Gasteiger partial charge in [0.1, 0.15) is 6.04 Å². The van der Waals surface area contributed by atoms with Gasteiger partial charge >= 0.3 is 0 Å². The molecule has 4 aromatic rings. The summed E-state index contributed by atoms with van der Waals surface area (Å²) in [6, 6.07) is 27.5. The molecule has 1 aliphatic heterocycles. The van der Waals surface area contributed by atoms with E-state index in [9.17, 15) is 18.0 Å². The molecule has 0 bridgehead atoms. The van der Waals surface area contributed by atoms with Gasteiger partial charge in [-0.25, -0.2) is 8.42 Å². The van der Waals surface area contributed by atoms with Gasteiger partial charge in [0.25, 0.3) is 10.0 Å². The zero-order chi connectivity index (χ0) is 30.6. The molecule has 0 aliphatic carbocycles. The maximum Gasteiger partial charge on any atom is 0.265 e. The van der Waals surface area contributed by atoms with Gasteiger partial charge in [-0.3, -0.25) is 13.9 Å².